The van der Waals surface area contributed by atoms with Crippen LogP contribution in [-0.4, -0.2) is 33.1 Å². The maximum Gasteiger partial charge on any atom is 0.227 e. The molecule has 0 aliphatic rings. The first kappa shape index (κ1) is 13.2. The Morgan fingerprint density at radius 3 is 3.05 bits per heavy atom. The monoisotopic (exact) mass is 260 g/mol. The van der Waals surface area contributed by atoms with Crippen molar-refractivity contribution in [1.82, 2.24) is 20.6 Å². The molecule has 4 N–H and O–H groups in total. The van der Waals surface area contributed by atoms with E-state index >= 15 is 0 Å². The third kappa shape index (κ3) is 3.35. The number of carbonyl (C=O) groups is 1. The summed E-state index contributed by atoms with van der Waals surface area (Å²) >= 11 is 0. The molecule has 1 heterocycles. The maximum atomic E-state index is 11.9. The Bertz CT molecular complexity index is 539. The van der Waals surface area contributed by atoms with Crippen molar-refractivity contribution < 1.29 is 4.79 Å². The normalized spacial score (nSPS) is 12.1. The van der Waals surface area contributed by atoms with Crippen LogP contribution < -0.4 is 11.1 Å². The van der Waals surface area contributed by atoms with Gasteiger partial charge >= 0.3 is 0 Å². The van der Waals surface area contributed by atoms with E-state index in [-0.39, 0.29) is 11.8 Å². The predicted octanol–water partition coefficient (Wildman–Crippen LogP) is 0.790. The number of nitrogens with two attached hydrogens (primary N) is 1. The van der Waals surface area contributed by atoms with Crippen LogP contribution in [0.5, 0.6) is 0 Å². The Balaban J connectivity index is 2.09. The van der Waals surface area contributed by atoms with Gasteiger partial charge in [-0.15, -0.1) is 10.2 Å². The molecule has 19 heavy (non-hydrogen) atoms. The highest BCUT2D eigenvalue weighted by atomic mass is 16.1. The van der Waals surface area contributed by atoms with Crippen LogP contribution in [0, 0.1) is 5.92 Å². The zero-order valence-electron chi connectivity index (χ0n) is 10.6. The highest BCUT2D eigenvalue weighted by Crippen LogP contribution is 2.19. The van der Waals surface area contributed by atoms with Crippen LogP contribution in [0.4, 0.5) is 5.69 Å². The summed E-state index contributed by atoms with van der Waals surface area (Å²) in [6.07, 6.45) is 0.663. The van der Waals surface area contributed by atoms with Crippen molar-refractivity contribution >= 4 is 11.6 Å². The molecule has 1 aromatic carbocycles. The van der Waals surface area contributed by atoms with Crippen LogP contribution >= 0.6 is 0 Å². The lowest BCUT2D eigenvalue weighted by molar-refractivity contribution is -0.119. The minimum atomic E-state index is -0.112. The fraction of sp³-hybridized carbons (Fsp3) is 0.333. The van der Waals surface area contributed by atoms with Gasteiger partial charge in [-0.05, 0) is 30.3 Å². The summed E-state index contributed by atoms with van der Waals surface area (Å²) in [5.41, 5.74) is 6.94. The average Bonchev–Trinajstić information content (AvgIpc) is 2.93. The third-order valence-corrected chi connectivity index (χ3v) is 2.78. The van der Waals surface area contributed by atoms with Gasteiger partial charge in [0.2, 0.25) is 11.7 Å². The number of amides is 1. The van der Waals surface area contributed by atoms with Gasteiger partial charge < -0.3 is 11.1 Å². The van der Waals surface area contributed by atoms with Crippen LogP contribution in [0.3, 0.4) is 0 Å². The second kappa shape index (κ2) is 6.05. The Hall–Kier alpha value is -2.28. The van der Waals surface area contributed by atoms with E-state index in [4.69, 9.17) is 5.73 Å². The van der Waals surface area contributed by atoms with Crippen LogP contribution in [0.2, 0.25) is 0 Å². The van der Waals surface area contributed by atoms with Gasteiger partial charge in [0, 0.05) is 17.2 Å². The molecular weight excluding hydrogens is 244 g/mol. The number of aromatic nitrogens is 4. The second-order valence-corrected chi connectivity index (χ2v) is 4.28. The van der Waals surface area contributed by atoms with Gasteiger partial charge in [0.15, 0.2) is 0 Å². The summed E-state index contributed by atoms with van der Waals surface area (Å²) in [5.74, 6) is 0.334. The van der Waals surface area contributed by atoms with Crippen molar-refractivity contribution in [2.24, 2.45) is 11.7 Å². The van der Waals surface area contributed by atoms with Crippen LogP contribution in [0.1, 0.15) is 13.3 Å². The van der Waals surface area contributed by atoms with Gasteiger partial charge in [-0.1, -0.05) is 19.1 Å². The SMILES string of the molecule is CC(CCN)C(=O)Nc1cccc(-c2nn[nH]n2)c1. The number of nitrogens with one attached hydrogen (secondary N) is 2. The molecule has 0 spiro atoms. The molecule has 0 saturated carbocycles. The number of nitrogens with zero attached hydrogens (tertiary/aromatic N) is 3. The molecule has 7 heteroatoms. The predicted molar refractivity (Wildman–Crippen MR) is 71.1 cm³/mol. The van der Waals surface area contributed by atoms with Crippen LogP contribution in [-0.2, 0) is 4.79 Å². The Morgan fingerprint density at radius 2 is 2.37 bits per heavy atom. The number of carbonyl (C=O) groups excluding carboxylic acids is 1. The summed E-state index contributed by atoms with van der Waals surface area (Å²) in [6, 6.07) is 7.30. The summed E-state index contributed by atoms with van der Waals surface area (Å²) in [6.45, 7) is 2.35. The van der Waals surface area contributed by atoms with Gasteiger partial charge in [0.05, 0.1) is 0 Å². The van der Waals surface area contributed by atoms with Crippen molar-refractivity contribution in [2.75, 3.05) is 11.9 Å². The lowest BCUT2D eigenvalue weighted by Gasteiger charge is -2.11. The molecule has 0 saturated heterocycles. The largest absolute Gasteiger partial charge is 0.330 e. The van der Waals surface area contributed by atoms with Crippen LogP contribution in [0.15, 0.2) is 24.3 Å². The number of benzene rings is 1. The standard InChI is InChI=1S/C12H16N6O/c1-8(5-6-13)12(19)14-10-4-2-3-9(7-10)11-15-17-18-16-11/h2-4,7-8H,5-6,13H2,1H3,(H,14,19)(H,15,16,17,18). The third-order valence-electron chi connectivity index (χ3n) is 2.78. The van der Waals surface area contributed by atoms with Gasteiger partial charge in [-0.3, -0.25) is 4.79 Å². The Morgan fingerprint density at radius 1 is 1.53 bits per heavy atom. The van der Waals surface area contributed by atoms with Gasteiger partial charge in [0.25, 0.3) is 0 Å². The average molecular weight is 260 g/mol. The molecule has 0 radical (unpaired) electrons. The molecular formula is C12H16N6O. The van der Waals surface area contributed by atoms with Crippen molar-refractivity contribution in [1.29, 1.82) is 0 Å². The van der Waals surface area contributed by atoms with E-state index < -0.39 is 0 Å². The Kier molecular flexibility index (Phi) is 4.19. The quantitative estimate of drug-likeness (QED) is 0.736. The zero-order chi connectivity index (χ0) is 13.7. The number of hydrogen-bond acceptors (Lipinski definition) is 5. The smallest absolute Gasteiger partial charge is 0.227 e. The molecule has 0 fully saturated rings. The molecule has 1 atom stereocenters. The van der Waals surface area contributed by atoms with Crippen molar-refractivity contribution in [3.8, 4) is 11.4 Å². The van der Waals surface area contributed by atoms with Crippen molar-refractivity contribution in [3.63, 3.8) is 0 Å². The molecule has 1 amide bonds. The Labute approximate surface area is 110 Å². The van der Waals surface area contributed by atoms with Gasteiger partial charge in [-0.2, -0.15) is 5.21 Å². The van der Waals surface area contributed by atoms with Gasteiger partial charge in [0.1, 0.15) is 0 Å². The van der Waals surface area contributed by atoms with E-state index in [0.717, 1.165) is 5.56 Å². The van der Waals surface area contributed by atoms with Crippen molar-refractivity contribution in [2.45, 2.75) is 13.3 Å². The van der Waals surface area contributed by atoms with Crippen LogP contribution in [0.25, 0.3) is 11.4 Å². The second-order valence-electron chi connectivity index (χ2n) is 4.28. The number of tetrazole rings is 1. The molecule has 100 valence electrons. The summed E-state index contributed by atoms with van der Waals surface area (Å²) in [5, 5.41) is 16.5. The highest BCUT2D eigenvalue weighted by molar-refractivity contribution is 5.92. The number of aromatic amines is 1. The maximum absolute atomic E-state index is 11.9. The van der Waals surface area contributed by atoms with E-state index in [1.54, 1.807) is 6.07 Å². The lowest BCUT2D eigenvalue weighted by Crippen LogP contribution is -2.22. The fourth-order valence-electron chi connectivity index (χ4n) is 1.67. The number of rotatable bonds is 5. The number of H-pyrrole nitrogens is 1. The van der Waals surface area contributed by atoms with E-state index in [2.05, 4.69) is 25.9 Å². The number of hydrogen-bond donors (Lipinski definition) is 3. The molecule has 0 aliphatic heterocycles. The topological polar surface area (TPSA) is 110 Å². The molecule has 2 aromatic rings. The lowest BCUT2D eigenvalue weighted by atomic mass is 10.1. The fourth-order valence-corrected chi connectivity index (χ4v) is 1.67. The number of anilines is 1. The summed E-state index contributed by atoms with van der Waals surface area (Å²) in [7, 11) is 0. The summed E-state index contributed by atoms with van der Waals surface area (Å²) in [4.78, 5) is 11.9. The minimum Gasteiger partial charge on any atom is -0.330 e. The van der Waals surface area contributed by atoms with Gasteiger partial charge in [-0.25, -0.2) is 0 Å². The molecule has 1 aromatic heterocycles. The summed E-state index contributed by atoms with van der Waals surface area (Å²) < 4.78 is 0. The van der Waals surface area contributed by atoms with E-state index in [9.17, 15) is 4.79 Å². The first-order valence-corrected chi connectivity index (χ1v) is 6.05. The molecule has 0 bridgehead atoms. The first-order chi connectivity index (χ1) is 9.20. The molecule has 0 aliphatic carbocycles. The molecule has 1 unspecified atom stereocenters. The molecule has 7 nitrogen and oxygen atoms in total. The molecule has 2 rings (SSSR count). The van der Waals surface area contributed by atoms with E-state index in [1.165, 1.54) is 0 Å². The van der Waals surface area contributed by atoms with E-state index in [0.29, 0.717) is 24.5 Å². The highest BCUT2D eigenvalue weighted by Gasteiger charge is 2.12. The van der Waals surface area contributed by atoms with E-state index in [1.807, 2.05) is 25.1 Å². The minimum absolute atomic E-state index is 0.0456. The zero-order valence-corrected chi connectivity index (χ0v) is 10.6. The van der Waals surface area contributed by atoms with Crippen molar-refractivity contribution in [3.05, 3.63) is 24.3 Å². The first-order valence-electron chi connectivity index (χ1n) is 6.05.